The van der Waals surface area contributed by atoms with Crippen LogP contribution < -0.4 is 5.32 Å². The van der Waals surface area contributed by atoms with Crippen molar-refractivity contribution in [2.45, 2.75) is 6.04 Å². The van der Waals surface area contributed by atoms with Gasteiger partial charge in [0.2, 0.25) is 0 Å². The van der Waals surface area contributed by atoms with Crippen LogP contribution in [-0.4, -0.2) is 22.9 Å². The summed E-state index contributed by atoms with van der Waals surface area (Å²) in [6, 6.07) is 4.99. The molecule has 0 amide bonds. The van der Waals surface area contributed by atoms with Gasteiger partial charge in [-0.25, -0.2) is 9.18 Å². The standard InChI is InChI=1S/C13H14FN3O2/c1-17-8-11(7-15-17)16-12(13(18)19-2)9-3-5-10(14)6-4-9/h3-8,12,16H,1-2H3. The number of rotatable bonds is 4. The summed E-state index contributed by atoms with van der Waals surface area (Å²) in [5.41, 5.74) is 1.30. The number of hydrogen-bond acceptors (Lipinski definition) is 4. The number of anilines is 1. The maximum absolute atomic E-state index is 12.9. The summed E-state index contributed by atoms with van der Waals surface area (Å²) in [7, 11) is 3.08. The lowest BCUT2D eigenvalue weighted by atomic mass is 10.1. The molecular weight excluding hydrogens is 249 g/mol. The van der Waals surface area contributed by atoms with Gasteiger partial charge in [-0.3, -0.25) is 4.68 Å². The van der Waals surface area contributed by atoms with E-state index in [2.05, 4.69) is 10.4 Å². The van der Waals surface area contributed by atoms with Gasteiger partial charge in [-0.2, -0.15) is 5.10 Å². The van der Waals surface area contributed by atoms with E-state index < -0.39 is 12.0 Å². The lowest BCUT2D eigenvalue weighted by Crippen LogP contribution is -2.22. The lowest BCUT2D eigenvalue weighted by Gasteiger charge is -2.16. The van der Waals surface area contributed by atoms with E-state index in [0.29, 0.717) is 11.3 Å². The van der Waals surface area contributed by atoms with Gasteiger partial charge < -0.3 is 10.1 Å². The van der Waals surface area contributed by atoms with Crippen molar-refractivity contribution in [2.75, 3.05) is 12.4 Å². The number of esters is 1. The quantitative estimate of drug-likeness (QED) is 0.856. The largest absolute Gasteiger partial charge is 0.467 e. The third-order valence-electron chi connectivity index (χ3n) is 2.66. The average molecular weight is 263 g/mol. The highest BCUT2D eigenvalue weighted by atomic mass is 19.1. The van der Waals surface area contributed by atoms with Crippen molar-refractivity contribution in [3.05, 3.63) is 48.0 Å². The molecule has 1 heterocycles. The summed E-state index contributed by atoms with van der Waals surface area (Å²) in [6.07, 6.45) is 3.33. The normalized spacial score (nSPS) is 11.9. The molecular formula is C13H14FN3O2. The second kappa shape index (κ2) is 5.51. The summed E-state index contributed by atoms with van der Waals surface area (Å²) in [6.45, 7) is 0. The molecule has 2 aromatic rings. The average Bonchev–Trinajstić information content (AvgIpc) is 2.82. The fraction of sp³-hybridized carbons (Fsp3) is 0.231. The maximum Gasteiger partial charge on any atom is 0.332 e. The first-order valence-corrected chi connectivity index (χ1v) is 5.68. The number of nitrogens with zero attached hydrogens (tertiary/aromatic N) is 2. The molecule has 0 aliphatic heterocycles. The van der Waals surface area contributed by atoms with E-state index in [1.807, 2.05) is 0 Å². The second-order valence-corrected chi connectivity index (χ2v) is 4.05. The Morgan fingerprint density at radius 1 is 1.42 bits per heavy atom. The number of carbonyl (C=O) groups is 1. The minimum absolute atomic E-state index is 0.353. The van der Waals surface area contributed by atoms with Crippen LogP contribution in [0.15, 0.2) is 36.7 Å². The molecule has 1 atom stereocenters. The smallest absolute Gasteiger partial charge is 0.332 e. The highest BCUT2D eigenvalue weighted by Crippen LogP contribution is 2.20. The Balaban J connectivity index is 2.25. The lowest BCUT2D eigenvalue weighted by molar-refractivity contribution is -0.141. The van der Waals surface area contributed by atoms with Crippen LogP contribution in [0.3, 0.4) is 0 Å². The highest BCUT2D eigenvalue weighted by molar-refractivity contribution is 5.80. The van der Waals surface area contributed by atoms with Gasteiger partial charge in [0.05, 0.1) is 19.0 Å². The SMILES string of the molecule is COC(=O)C(Nc1cnn(C)c1)c1ccc(F)cc1. The highest BCUT2D eigenvalue weighted by Gasteiger charge is 2.21. The van der Waals surface area contributed by atoms with Crippen LogP contribution in [0.4, 0.5) is 10.1 Å². The molecule has 0 radical (unpaired) electrons. The Kier molecular flexibility index (Phi) is 3.79. The summed E-state index contributed by atoms with van der Waals surface area (Å²) in [4.78, 5) is 11.8. The molecule has 1 aromatic heterocycles. The van der Waals surface area contributed by atoms with Gasteiger partial charge in [0.15, 0.2) is 6.04 Å². The molecule has 0 aliphatic carbocycles. The van der Waals surface area contributed by atoms with E-state index in [1.165, 1.54) is 19.2 Å². The molecule has 1 aromatic carbocycles. The first-order valence-electron chi connectivity index (χ1n) is 5.68. The van der Waals surface area contributed by atoms with Crippen molar-refractivity contribution in [3.8, 4) is 0 Å². The van der Waals surface area contributed by atoms with Crippen LogP contribution in [0.1, 0.15) is 11.6 Å². The Morgan fingerprint density at radius 3 is 2.63 bits per heavy atom. The third kappa shape index (κ3) is 3.09. The molecule has 19 heavy (non-hydrogen) atoms. The third-order valence-corrected chi connectivity index (χ3v) is 2.66. The van der Waals surface area contributed by atoms with Crippen LogP contribution in [0, 0.1) is 5.82 Å². The first kappa shape index (κ1) is 13.1. The number of nitrogens with one attached hydrogen (secondary N) is 1. The molecule has 1 unspecified atom stereocenters. The molecule has 0 saturated heterocycles. The van der Waals surface area contributed by atoms with Crippen molar-refractivity contribution in [3.63, 3.8) is 0 Å². The number of aryl methyl sites for hydroxylation is 1. The Hall–Kier alpha value is -2.37. The zero-order chi connectivity index (χ0) is 13.8. The molecule has 0 fully saturated rings. The molecule has 0 aliphatic rings. The molecule has 6 heteroatoms. The van der Waals surface area contributed by atoms with Crippen LogP contribution in [0.25, 0.3) is 0 Å². The van der Waals surface area contributed by atoms with Gasteiger partial charge in [-0.15, -0.1) is 0 Å². The van der Waals surface area contributed by atoms with Crippen molar-refractivity contribution in [2.24, 2.45) is 7.05 Å². The van der Waals surface area contributed by atoms with Gasteiger partial charge in [-0.05, 0) is 17.7 Å². The Morgan fingerprint density at radius 2 is 2.11 bits per heavy atom. The maximum atomic E-state index is 12.9. The minimum atomic E-state index is -0.699. The molecule has 0 bridgehead atoms. The van der Waals surface area contributed by atoms with E-state index in [0.717, 1.165) is 0 Å². The Labute approximate surface area is 110 Å². The predicted octanol–water partition coefficient (Wildman–Crippen LogP) is 1.89. The zero-order valence-electron chi connectivity index (χ0n) is 10.6. The predicted molar refractivity (Wildman–Crippen MR) is 68.0 cm³/mol. The van der Waals surface area contributed by atoms with Crippen LogP contribution in [0.5, 0.6) is 0 Å². The second-order valence-electron chi connectivity index (χ2n) is 4.05. The van der Waals surface area contributed by atoms with Crippen molar-refractivity contribution in [1.82, 2.24) is 9.78 Å². The summed E-state index contributed by atoms with van der Waals surface area (Å²) >= 11 is 0. The number of aromatic nitrogens is 2. The minimum Gasteiger partial charge on any atom is -0.467 e. The molecule has 2 rings (SSSR count). The number of halogens is 1. The van der Waals surface area contributed by atoms with Gasteiger partial charge in [0.25, 0.3) is 0 Å². The van der Waals surface area contributed by atoms with Gasteiger partial charge in [0.1, 0.15) is 5.82 Å². The number of ether oxygens (including phenoxy) is 1. The van der Waals surface area contributed by atoms with E-state index >= 15 is 0 Å². The van der Waals surface area contributed by atoms with E-state index in [4.69, 9.17) is 4.74 Å². The zero-order valence-corrected chi connectivity index (χ0v) is 10.6. The van der Waals surface area contributed by atoms with Gasteiger partial charge in [-0.1, -0.05) is 12.1 Å². The number of hydrogen-bond donors (Lipinski definition) is 1. The molecule has 5 nitrogen and oxygen atoms in total. The van der Waals surface area contributed by atoms with E-state index in [-0.39, 0.29) is 5.82 Å². The van der Waals surface area contributed by atoms with Gasteiger partial charge in [0, 0.05) is 13.2 Å². The molecule has 1 N–H and O–H groups in total. The van der Waals surface area contributed by atoms with Crippen molar-refractivity contribution in [1.29, 1.82) is 0 Å². The summed E-state index contributed by atoms with van der Waals surface area (Å²) in [5.74, 6) is -0.802. The number of methoxy groups -OCH3 is 1. The fourth-order valence-electron chi connectivity index (χ4n) is 1.71. The van der Waals surface area contributed by atoms with E-state index in [9.17, 15) is 9.18 Å². The van der Waals surface area contributed by atoms with Crippen LogP contribution in [0.2, 0.25) is 0 Å². The van der Waals surface area contributed by atoms with Crippen LogP contribution in [-0.2, 0) is 16.6 Å². The van der Waals surface area contributed by atoms with Gasteiger partial charge >= 0.3 is 5.97 Å². The van der Waals surface area contributed by atoms with Crippen molar-refractivity contribution >= 4 is 11.7 Å². The molecule has 100 valence electrons. The summed E-state index contributed by atoms with van der Waals surface area (Å²) in [5, 5.41) is 7.01. The first-order chi connectivity index (χ1) is 9.10. The molecule has 0 saturated carbocycles. The molecule has 0 spiro atoms. The van der Waals surface area contributed by atoms with Crippen molar-refractivity contribution < 1.29 is 13.9 Å². The number of carbonyl (C=O) groups excluding carboxylic acids is 1. The summed E-state index contributed by atoms with van der Waals surface area (Å²) < 4.78 is 19.3. The number of benzene rings is 1. The topological polar surface area (TPSA) is 56.1 Å². The van der Waals surface area contributed by atoms with E-state index in [1.54, 1.807) is 36.3 Å². The van der Waals surface area contributed by atoms with Crippen LogP contribution >= 0.6 is 0 Å². The fourth-order valence-corrected chi connectivity index (χ4v) is 1.71. The Bertz CT molecular complexity index is 566. The monoisotopic (exact) mass is 263 g/mol.